The van der Waals surface area contributed by atoms with Crippen molar-refractivity contribution in [3.05, 3.63) is 0 Å². The lowest BCUT2D eigenvalue weighted by atomic mass is 15.8. The summed E-state index contributed by atoms with van der Waals surface area (Å²) in [6.45, 7) is 0. The van der Waals surface area contributed by atoms with Crippen LogP contribution in [-0.4, -0.2) is 18.6 Å². The lowest BCUT2D eigenvalue weighted by Gasteiger charge is -2.02. The Kier molecular flexibility index (Phi) is 2.30. The number of halogens is 6. The second-order valence-electron chi connectivity index (χ2n) is 0.994. The molecule has 0 aliphatic rings. The van der Waals surface area contributed by atoms with Gasteiger partial charge in [-0.25, -0.2) is 24.6 Å². The van der Waals surface area contributed by atoms with E-state index in [9.17, 15) is 24.6 Å². The van der Waals surface area contributed by atoms with E-state index in [0.29, 0.717) is 0 Å². The first-order valence-electron chi connectivity index (χ1n) is 1.54. The van der Waals surface area contributed by atoms with E-state index < -0.39 is 18.6 Å². The molecular formula is F6OSi2. The highest BCUT2D eigenvalue weighted by Gasteiger charge is 2.57. The zero-order chi connectivity index (χ0) is 7.71. The van der Waals surface area contributed by atoms with Gasteiger partial charge >= 0.3 is 18.6 Å². The Morgan fingerprint density at radius 3 is 0.889 bits per heavy atom. The molecule has 56 valence electrons. The van der Waals surface area contributed by atoms with Crippen molar-refractivity contribution in [2.75, 3.05) is 0 Å². The molecule has 0 unspecified atom stereocenters. The molecule has 0 spiro atoms. The molecule has 9 heteroatoms. The molecule has 9 heavy (non-hydrogen) atoms. The Balaban J connectivity index is 3.75. The van der Waals surface area contributed by atoms with Gasteiger partial charge in [0.2, 0.25) is 0 Å². The summed E-state index contributed by atoms with van der Waals surface area (Å²) in [5.74, 6) is 0. The third-order valence-corrected chi connectivity index (χ3v) is 2.08. The Labute approximate surface area is 48.5 Å². The fourth-order valence-electron chi connectivity index (χ4n) is 0.131. The molecule has 1 nitrogen and oxygen atoms in total. The number of hydrogen-bond acceptors (Lipinski definition) is 1. The van der Waals surface area contributed by atoms with Crippen molar-refractivity contribution in [3.8, 4) is 0 Å². The van der Waals surface area contributed by atoms with Gasteiger partial charge in [-0.3, -0.25) is 0 Å². The van der Waals surface area contributed by atoms with E-state index >= 15 is 0 Å². The van der Waals surface area contributed by atoms with Crippen LogP contribution >= 0.6 is 0 Å². The first kappa shape index (κ1) is 8.97. The third-order valence-electron chi connectivity index (χ3n) is 0.231. The molecule has 0 atom stereocenters. The second kappa shape index (κ2) is 2.30. The van der Waals surface area contributed by atoms with E-state index in [-0.39, 0.29) is 0 Å². The van der Waals surface area contributed by atoms with Crippen LogP contribution in [0.5, 0.6) is 0 Å². The van der Waals surface area contributed by atoms with Crippen molar-refractivity contribution in [3.63, 3.8) is 0 Å². The minimum absolute atomic E-state index is 1.90. The van der Waals surface area contributed by atoms with Crippen LogP contribution in [0, 0.1) is 0 Å². The smallest absolute Gasteiger partial charge is 0.307 e. The Morgan fingerprint density at radius 2 is 0.889 bits per heavy atom. The number of rotatable bonds is 2. The molecule has 0 aromatic rings. The van der Waals surface area contributed by atoms with Crippen LogP contribution in [0.15, 0.2) is 0 Å². The largest absolute Gasteiger partial charge is 0.797 e. The van der Waals surface area contributed by atoms with E-state index in [1.54, 1.807) is 0 Å². The summed E-state index contributed by atoms with van der Waals surface area (Å²) in [4.78, 5) is 0. The monoisotopic (exact) mass is 186 g/mol. The van der Waals surface area contributed by atoms with Crippen LogP contribution in [0.3, 0.4) is 0 Å². The molecule has 0 amide bonds. The maximum Gasteiger partial charge on any atom is 0.797 e. The standard InChI is InChI=1S/F6OSi2/c1-8(2,3)7-9(4,5)6. The fraction of sp³-hybridized carbons (Fsp3) is 0. The van der Waals surface area contributed by atoms with Gasteiger partial charge in [0.15, 0.2) is 0 Å². The summed E-state index contributed by atoms with van der Waals surface area (Å²) in [5, 5.41) is 0. The minimum Gasteiger partial charge on any atom is -0.307 e. The Bertz CT molecular complexity index is 76.2. The van der Waals surface area contributed by atoms with Crippen molar-refractivity contribution >= 4 is 18.6 Å². The normalized spacial score (nSPS) is 14.0. The molecule has 0 heterocycles. The van der Waals surface area contributed by atoms with Crippen LogP contribution in [0.1, 0.15) is 0 Å². The first-order chi connectivity index (χ1) is 3.71. The van der Waals surface area contributed by atoms with Gasteiger partial charge in [-0.05, 0) is 0 Å². The predicted molar refractivity (Wildman–Crippen MR) is 19.2 cm³/mol. The van der Waals surface area contributed by atoms with E-state index in [4.69, 9.17) is 0 Å². The van der Waals surface area contributed by atoms with Gasteiger partial charge < -0.3 is 4.12 Å². The SMILES string of the molecule is F[Si](F)(F)O[Si](F)(F)F. The highest BCUT2D eigenvalue weighted by atomic mass is 28.6. The van der Waals surface area contributed by atoms with E-state index in [0.717, 1.165) is 0 Å². The van der Waals surface area contributed by atoms with Crippen molar-refractivity contribution in [2.45, 2.75) is 0 Å². The summed E-state index contributed by atoms with van der Waals surface area (Å²) in [6, 6.07) is 0. The van der Waals surface area contributed by atoms with Gasteiger partial charge in [-0.1, -0.05) is 0 Å². The Hall–Kier alpha value is -0.0262. The van der Waals surface area contributed by atoms with Crippen LogP contribution < -0.4 is 0 Å². The average molecular weight is 186 g/mol. The molecule has 0 radical (unpaired) electrons. The molecule has 0 aliphatic carbocycles. The lowest BCUT2D eigenvalue weighted by Crippen LogP contribution is -2.34. The molecule has 0 saturated carbocycles. The average Bonchev–Trinajstić information content (AvgIpc) is 1.14. The molecule has 0 aromatic heterocycles. The van der Waals surface area contributed by atoms with Gasteiger partial charge in [0, 0.05) is 0 Å². The zero-order valence-electron chi connectivity index (χ0n) is 3.68. The van der Waals surface area contributed by atoms with Gasteiger partial charge in [0.25, 0.3) is 0 Å². The lowest BCUT2D eigenvalue weighted by molar-refractivity contribution is 0.202. The second-order valence-corrected chi connectivity index (χ2v) is 3.59. The van der Waals surface area contributed by atoms with Gasteiger partial charge in [-0.2, -0.15) is 0 Å². The summed E-state index contributed by atoms with van der Waals surface area (Å²) < 4.78 is 66.6. The summed E-state index contributed by atoms with van der Waals surface area (Å²) in [5.41, 5.74) is 0. The van der Waals surface area contributed by atoms with Crippen LogP contribution in [-0.2, 0) is 4.12 Å². The van der Waals surface area contributed by atoms with Crippen molar-refractivity contribution in [2.24, 2.45) is 0 Å². The van der Waals surface area contributed by atoms with Crippen molar-refractivity contribution in [1.82, 2.24) is 0 Å². The maximum absolute atomic E-state index is 10.8. The fourth-order valence-corrected chi connectivity index (χ4v) is 1.18. The van der Waals surface area contributed by atoms with Gasteiger partial charge in [0.1, 0.15) is 0 Å². The van der Waals surface area contributed by atoms with E-state index in [1.807, 2.05) is 4.12 Å². The highest BCUT2D eigenvalue weighted by molar-refractivity contribution is 6.66. The van der Waals surface area contributed by atoms with E-state index in [2.05, 4.69) is 0 Å². The highest BCUT2D eigenvalue weighted by Crippen LogP contribution is 2.20. The summed E-state index contributed by atoms with van der Waals surface area (Å²) in [6.07, 6.45) is 0. The third kappa shape index (κ3) is 7.97. The number of hydrogen-bond donors (Lipinski definition) is 0. The molecule has 0 fully saturated rings. The molecule has 0 saturated heterocycles. The minimum atomic E-state index is -6.86. The van der Waals surface area contributed by atoms with E-state index in [1.165, 1.54) is 0 Å². The summed E-state index contributed by atoms with van der Waals surface area (Å²) in [7, 11) is -13.7. The zero-order valence-corrected chi connectivity index (χ0v) is 5.68. The van der Waals surface area contributed by atoms with Gasteiger partial charge in [-0.15, -0.1) is 0 Å². The molecular weight excluding hydrogens is 186 g/mol. The van der Waals surface area contributed by atoms with Crippen molar-refractivity contribution in [1.29, 1.82) is 0 Å². The quantitative estimate of drug-likeness (QED) is 0.362. The Morgan fingerprint density at radius 1 is 0.667 bits per heavy atom. The predicted octanol–water partition coefficient (Wildman–Crippen LogP) is 1.69. The molecule has 0 rings (SSSR count). The van der Waals surface area contributed by atoms with Crippen LogP contribution in [0.2, 0.25) is 0 Å². The molecule has 0 N–H and O–H groups in total. The molecule has 0 bridgehead atoms. The summed E-state index contributed by atoms with van der Waals surface area (Å²) >= 11 is 0. The molecule has 0 aliphatic heterocycles. The van der Waals surface area contributed by atoms with Crippen LogP contribution in [0.4, 0.5) is 24.6 Å². The first-order valence-corrected chi connectivity index (χ1v) is 4.63. The van der Waals surface area contributed by atoms with Crippen LogP contribution in [0.25, 0.3) is 0 Å². The maximum atomic E-state index is 10.8. The topological polar surface area (TPSA) is 9.23 Å². The molecule has 0 aromatic carbocycles. The van der Waals surface area contributed by atoms with Crippen molar-refractivity contribution < 1.29 is 28.8 Å². The van der Waals surface area contributed by atoms with Gasteiger partial charge in [0.05, 0.1) is 0 Å².